The number of rotatable bonds is 9. The Balaban J connectivity index is 1.76. The molecule has 0 aromatic heterocycles. The molecule has 0 aliphatic rings. The first-order valence-corrected chi connectivity index (χ1v) is 8.68. The fraction of sp³-hybridized carbons (Fsp3) is 0.350. The summed E-state index contributed by atoms with van der Waals surface area (Å²) in [6.07, 6.45) is 0.583. The summed E-state index contributed by atoms with van der Waals surface area (Å²) >= 11 is 0. The molecule has 27 heavy (non-hydrogen) atoms. The smallest absolute Gasteiger partial charge is 0.188 e. The molecular weight excluding hydrogens is 349 g/mol. The Bertz CT molecular complexity index is 751. The summed E-state index contributed by atoms with van der Waals surface area (Å²) in [5.41, 5.74) is 6.99. The standard InChI is InChI=1S/C20H26FN3O3/c1-14(27-17-7-5-16(21)6-8-17)13-24-20(22)23-11-10-15-4-9-18(25-2)19(12-15)26-3/h4-9,12,14H,10-11,13H2,1-3H3,(H3,22,23,24). The van der Waals surface area contributed by atoms with Crippen molar-refractivity contribution in [2.24, 2.45) is 10.7 Å². The third-order valence-electron chi connectivity index (χ3n) is 3.84. The molecule has 1 atom stereocenters. The maximum absolute atomic E-state index is 12.9. The van der Waals surface area contributed by atoms with Gasteiger partial charge in [0.05, 0.1) is 20.8 Å². The highest BCUT2D eigenvalue weighted by molar-refractivity contribution is 5.77. The normalized spacial score (nSPS) is 12.4. The Labute approximate surface area is 159 Å². The SMILES string of the molecule is COc1ccc(CCNC(N)=NCC(C)Oc2ccc(F)cc2)cc1OC. The topological polar surface area (TPSA) is 78.1 Å². The zero-order valence-corrected chi connectivity index (χ0v) is 15.9. The lowest BCUT2D eigenvalue weighted by molar-refractivity contribution is 0.230. The van der Waals surface area contributed by atoms with E-state index in [4.69, 9.17) is 19.9 Å². The largest absolute Gasteiger partial charge is 0.493 e. The molecule has 1 unspecified atom stereocenters. The average molecular weight is 375 g/mol. The molecule has 0 bridgehead atoms. The summed E-state index contributed by atoms with van der Waals surface area (Å²) in [7, 11) is 3.22. The van der Waals surface area contributed by atoms with E-state index in [0.717, 1.165) is 12.0 Å². The Kier molecular flexibility index (Phi) is 7.73. The summed E-state index contributed by atoms with van der Waals surface area (Å²) in [5.74, 6) is 2.05. The zero-order chi connectivity index (χ0) is 19.6. The van der Waals surface area contributed by atoms with Crippen molar-refractivity contribution in [3.05, 3.63) is 53.8 Å². The fourth-order valence-corrected chi connectivity index (χ4v) is 2.44. The van der Waals surface area contributed by atoms with Gasteiger partial charge in [0.25, 0.3) is 0 Å². The molecule has 7 heteroatoms. The molecule has 2 aromatic rings. The predicted molar refractivity (Wildman–Crippen MR) is 104 cm³/mol. The monoisotopic (exact) mass is 375 g/mol. The van der Waals surface area contributed by atoms with Crippen LogP contribution in [-0.4, -0.2) is 39.4 Å². The van der Waals surface area contributed by atoms with Crippen molar-refractivity contribution in [2.75, 3.05) is 27.3 Å². The van der Waals surface area contributed by atoms with Crippen LogP contribution in [0.15, 0.2) is 47.5 Å². The minimum atomic E-state index is -0.295. The number of guanidine groups is 1. The van der Waals surface area contributed by atoms with E-state index >= 15 is 0 Å². The molecule has 3 N–H and O–H groups in total. The second-order valence-electron chi connectivity index (χ2n) is 5.97. The van der Waals surface area contributed by atoms with Crippen LogP contribution in [0.25, 0.3) is 0 Å². The van der Waals surface area contributed by atoms with E-state index in [0.29, 0.717) is 36.3 Å². The second-order valence-corrected chi connectivity index (χ2v) is 5.97. The van der Waals surface area contributed by atoms with Gasteiger partial charge in [0.2, 0.25) is 0 Å². The van der Waals surface area contributed by atoms with E-state index in [1.165, 1.54) is 12.1 Å². The van der Waals surface area contributed by atoms with Gasteiger partial charge in [-0.1, -0.05) is 6.07 Å². The Morgan fingerprint density at radius 3 is 2.48 bits per heavy atom. The molecule has 0 saturated heterocycles. The van der Waals surface area contributed by atoms with Crippen molar-refractivity contribution in [2.45, 2.75) is 19.4 Å². The molecule has 0 amide bonds. The van der Waals surface area contributed by atoms with Crippen LogP contribution in [0.1, 0.15) is 12.5 Å². The maximum atomic E-state index is 12.9. The summed E-state index contributed by atoms with van der Waals surface area (Å²) in [4.78, 5) is 4.27. The molecule has 2 aromatic carbocycles. The van der Waals surface area contributed by atoms with Crippen molar-refractivity contribution < 1.29 is 18.6 Å². The first kappa shape index (κ1) is 20.4. The summed E-state index contributed by atoms with van der Waals surface area (Å²) < 4.78 is 29.1. The highest BCUT2D eigenvalue weighted by Crippen LogP contribution is 2.27. The highest BCUT2D eigenvalue weighted by Gasteiger charge is 2.06. The first-order valence-electron chi connectivity index (χ1n) is 8.68. The van der Waals surface area contributed by atoms with Crippen molar-refractivity contribution >= 4 is 5.96 Å². The lowest BCUT2D eigenvalue weighted by atomic mass is 10.1. The molecule has 146 valence electrons. The van der Waals surface area contributed by atoms with E-state index < -0.39 is 0 Å². The molecule has 0 aliphatic heterocycles. The molecule has 6 nitrogen and oxygen atoms in total. The fourth-order valence-electron chi connectivity index (χ4n) is 2.44. The molecule has 0 saturated carbocycles. The van der Waals surface area contributed by atoms with Gasteiger partial charge >= 0.3 is 0 Å². The number of hydrogen-bond donors (Lipinski definition) is 2. The van der Waals surface area contributed by atoms with Crippen LogP contribution in [0, 0.1) is 5.82 Å². The first-order chi connectivity index (χ1) is 13.0. The van der Waals surface area contributed by atoms with Crippen molar-refractivity contribution in [1.82, 2.24) is 5.32 Å². The number of aliphatic imine (C=N–C) groups is 1. The Morgan fingerprint density at radius 1 is 1.11 bits per heavy atom. The number of nitrogens with two attached hydrogens (primary N) is 1. The van der Waals surface area contributed by atoms with E-state index in [9.17, 15) is 4.39 Å². The van der Waals surface area contributed by atoms with Crippen LogP contribution in [0.4, 0.5) is 4.39 Å². The number of nitrogens with one attached hydrogen (secondary N) is 1. The van der Waals surface area contributed by atoms with Crippen LogP contribution in [0.3, 0.4) is 0 Å². The third kappa shape index (κ3) is 6.69. The number of methoxy groups -OCH3 is 2. The van der Waals surface area contributed by atoms with Gasteiger partial charge < -0.3 is 25.3 Å². The number of halogens is 1. The number of ether oxygens (including phenoxy) is 3. The Hall–Kier alpha value is -2.96. The quantitative estimate of drug-likeness (QED) is 0.521. The van der Waals surface area contributed by atoms with E-state index in [-0.39, 0.29) is 11.9 Å². The highest BCUT2D eigenvalue weighted by atomic mass is 19.1. The van der Waals surface area contributed by atoms with Crippen LogP contribution >= 0.6 is 0 Å². The van der Waals surface area contributed by atoms with Crippen LogP contribution < -0.4 is 25.3 Å². The minimum absolute atomic E-state index is 0.179. The van der Waals surface area contributed by atoms with Crippen LogP contribution in [-0.2, 0) is 6.42 Å². The van der Waals surface area contributed by atoms with Gasteiger partial charge in [-0.25, -0.2) is 9.38 Å². The lowest BCUT2D eigenvalue weighted by Crippen LogP contribution is -2.34. The number of hydrogen-bond acceptors (Lipinski definition) is 4. The predicted octanol–water partition coefficient (Wildman–Crippen LogP) is 2.76. The second kappa shape index (κ2) is 10.3. The van der Waals surface area contributed by atoms with Crippen molar-refractivity contribution in [1.29, 1.82) is 0 Å². The van der Waals surface area contributed by atoms with Gasteiger partial charge in [0.1, 0.15) is 17.7 Å². The molecule has 0 aliphatic carbocycles. The van der Waals surface area contributed by atoms with Gasteiger partial charge in [0.15, 0.2) is 17.5 Å². The van der Waals surface area contributed by atoms with Gasteiger partial charge in [-0.05, 0) is 55.3 Å². The number of nitrogens with zero attached hydrogens (tertiary/aromatic N) is 1. The summed E-state index contributed by atoms with van der Waals surface area (Å²) in [6, 6.07) is 11.7. The van der Waals surface area contributed by atoms with Gasteiger partial charge in [-0.2, -0.15) is 0 Å². The van der Waals surface area contributed by atoms with E-state index in [2.05, 4.69) is 10.3 Å². The molecule has 0 heterocycles. The molecular formula is C20H26FN3O3. The van der Waals surface area contributed by atoms with Crippen molar-refractivity contribution in [3.8, 4) is 17.2 Å². The zero-order valence-electron chi connectivity index (χ0n) is 15.9. The van der Waals surface area contributed by atoms with E-state index in [1.54, 1.807) is 26.4 Å². The van der Waals surface area contributed by atoms with E-state index in [1.807, 2.05) is 25.1 Å². The number of benzene rings is 2. The van der Waals surface area contributed by atoms with Gasteiger partial charge in [-0.3, -0.25) is 0 Å². The molecule has 2 rings (SSSR count). The summed E-state index contributed by atoms with van der Waals surface area (Å²) in [5, 5.41) is 3.07. The van der Waals surface area contributed by atoms with Crippen molar-refractivity contribution in [3.63, 3.8) is 0 Å². The molecule has 0 fully saturated rings. The Morgan fingerprint density at radius 2 is 1.81 bits per heavy atom. The van der Waals surface area contributed by atoms with Crippen LogP contribution in [0.2, 0.25) is 0 Å². The average Bonchev–Trinajstić information content (AvgIpc) is 2.68. The third-order valence-corrected chi connectivity index (χ3v) is 3.84. The molecule has 0 spiro atoms. The minimum Gasteiger partial charge on any atom is -0.493 e. The maximum Gasteiger partial charge on any atom is 0.188 e. The van der Waals surface area contributed by atoms with Gasteiger partial charge in [-0.15, -0.1) is 0 Å². The summed E-state index contributed by atoms with van der Waals surface area (Å²) in [6.45, 7) is 2.91. The van der Waals surface area contributed by atoms with Crippen LogP contribution in [0.5, 0.6) is 17.2 Å². The molecule has 0 radical (unpaired) electrons. The van der Waals surface area contributed by atoms with Gasteiger partial charge in [0, 0.05) is 6.54 Å². The lowest BCUT2D eigenvalue weighted by Gasteiger charge is -2.13.